The molecule has 0 atom stereocenters. The molecule has 2 rings (SSSR count). The molecule has 0 saturated carbocycles. The molecule has 0 aromatic carbocycles. The summed E-state index contributed by atoms with van der Waals surface area (Å²) in [6.45, 7) is 0. The van der Waals surface area contributed by atoms with Crippen molar-refractivity contribution in [2.24, 2.45) is 7.05 Å². The molecule has 5 nitrogen and oxygen atoms in total. The van der Waals surface area contributed by atoms with Crippen LogP contribution in [0.4, 0.5) is 0 Å². The molecule has 60 valence electrons. The zero-order chi connectivity index (χ0) is 8.55. The van der Waals surface area contributed by atoms with Crippen LogP contribution in [0.3, 0.4) is 0 Å². The van der Waals surface area contributed by atoms with Crippen molar-refractivity contribution in [2.75, 3.05) is 0 Å². The van der Waals surface area contributed by atoms with Crippen molar-refractivity contribution in [3.05, 3.63) is 29.1 Å². The fraction of sp³-hybridized carbons (Fsp3) is 0.143. The van der Waals surface area contributed by atoms with Crippen molar-refractivity contribution < 1.29 is 0 Å². The molecular formula is C7H6N4O. The number of hydrogen-bond donors (Lipinski definition) is 0. The lowest BCUT2D eigenvalue weighted by Gasteiger charge is -1.96. The van der Waals surface area contributed by atoms with E-state index >= 15 is 0 Å². The lowest BCUT2D eigenvalue weighted by molar-refractivity contribution is 0.834. The molecule has 0 radical (unpaired) electrons. The summed E-state index contributed by atoms with van der Waals surface area (Å²) in [5.41, 5.74) is 0.524. The highest BCUT2D eigenvalue weighted by molar-refractivity contribution is 5.66. The van der Waals surface area contributed by atoms with Gasteiger partial charge < -0.3 is 4.57 Å². The van der Waals surface area contributed by atoms with E-state index in [0.29, 0.717) is 11.2 Å². The van der Waals surface area contributed by atoms with Gasteiger partial charge in [0.15, 0.2) is 11.2 Å². The fourth-order valence-corrected chi connectivity index (χ4v) is 0.937. The summed E-state index contributed by atoms with van der Waals surface area (Å²) in [6.07, 6.45) is 4.42. The van der Waals surface area contributed by atoms with Gasteiger partial charge in [0.05, 0.1) is 6.33 Å². The van der Waals surface area contributed by atoms with Crippen LogP contribution in [0.1, 0.15) is 0 Å². The van der Waals surface area contributed by atoms with Gasteiger partial charge in [0.1, 0.15) is 0 Å². The van der Waals surface area contributed by atoms with E-state index in [1.165, 1.54) is 23.3 Å². The van der Waals surface area contributed by atoms with Gasteiger partial charge in [-0.05, 0) is 0 Å². The molecule has 0 aliphatic rings. The van der Waals surface area contributed by atoms with Crippen LogP contribution in [-0.4, -0.2) is 19.5 Å². The zero-order valence-electron chi connectivity index (χ0n) is 6.43. The highest BCUT2D eigenvalue weighted by Gasteiger charge is 2.01. The second kappa shape index (κ2) is 2.37. The van der Waals surface area contributed by atoms with E-state index in [1.807, 2.05) is 0 Å². The number of hydrogen-bond acceptors (Lipinski definition) is 4. The van der Waals surface area contributed by atoms with Gasteiger partial charge >= 0.3 is 0 Å². The maximum absolute atomic E-state index is 11.3. The van der Waals surface area contributed by atoms with Crippen molar-refractivity contribution >= 4 is 11.2 Å². The number of aryl methyl sites for hydroxylation is 1. The van der Waals surface area contributed by atoms with Crippen molar-refractivity contribution in [1.29, 1.82) is 0 Å². The van der Waals surface area contributed by atoms with Crippen LogP contribution in [0.5, 0.6) is 0 Å². The Morgan fingerprint density at radius 3 is 2.83 bits per heavy atom. The predicted molar refractivity (Wildman–Crippen MR) is 42.6 cm³/mol. The molecule has 0 bridgehead atoms. The van der Waals surface area contributed by atoms with Crippen LogP contribution in [0, 0.1) is 0 Å². The van der Waals surface area contributed by atoms with Crippen LogP contribution in [-0.2, 0) is 7.05 Å². The summed E-state index contributed by atoms with van der Waals surface area (Å²) in [6, 6.07) is 0. The number of rotatable bonds is 0. The SMILES string of the molecule is Cn1cnc2nccnc2c1=O. The first-order valence-corrected chi connectivity index (χ1v) is 3.41. The lowest BCUT2D eigenvalue weighted by atomic mass is 10.5. The van der Waals surface area contributed by atoms with E-state index in [2.05, 4.69) is 15.0 Å². The van der Waals surface area contributed by atoms with Gasteiger partial charge in [-0.15, -0.1) is 0 Å². The van der Waals surface area contributed by atoms with Crippen LogP contribution in [0.2, 0.25) is 0 Å². The van der Waals surface area contributed by atoms with Gasteiger partial charge in [-0.1, -0.05) is 0 Å². The third kappa shape index (κ3) is 0.868. The average molecular weight is 162 g/mol. The second-order valence-electron chi connectivity index (χ2n) is 2.39. The van der Waals surface area contributed by atoms with E-state index in [4.69, 9.17) is 0 Å². The number of nitrogens with zero attached hydrogens (tertiary/aromatic N) is 4. The van der Waals surface area contributed by atoms with Gasteiger partial charge in [0.2, 0.25) is 0 Å². The molecule has 2 aromatic heterocycles. The maximum Gasteiger partial charge on any atom is 0.281 e. The molecule has 0 amide bonds. The van der Waals surface area contributed by atoms with E-state index in [-0.39, 0.29) is 5.56 Å². The molecule has 2 heterocycles. The average Bonchev–Trinajstić information content (AvgIpc) is 2.12. The van der Waals surface area contributed by atoms with Crippen molar-refractivity contribution in [3.8, 4) is 0 Å². The van der Waals surface area contributed by atoms with Crippen LogP contribution < -0.4 is 5.56 Å². The van der Waals surface area contributed by atoms with Gasteiger partial charge in [-0.3, -0.25) is 4.79 Å². The summed E-state index contributed by atoms with van der Waals surface area (Å²) in [4.78, 5) is 23.1. The third-order valence-corrected chi connectivity index (χ3v) is 1.56. The van der Waals surface area contributed by atoms with Crippen molar-refractivity contribution in [1.82, 2.24) is 19.5 Å². The number of aromatic nitrogens is 4. The Hall–Kier alpha value is -1.78. The molecule has 2 aromatic rings. The lowest BCUT2D eigenvalue weighted by Crippen LogP contribution is -2.18. The molecule has 0 N–H and O–H groups in total. The Morgan fingerprint density at radius 1 is 1.25 bits per heavy atom. The van der Waals surface area contributed by atoms with Crippen molar-refractivity contribution in [3.63, 3.8) is 0 Å². The minimum Gasteiger partial charge on any atom is -0.300 e. The van der Waals surface area contributed by atoms with Crippen LogP contribution in [0.15, 0.2) is 23.5 Å². The minimum atomic E-state index is -0.173. The normalized spacial score (nSPS) is 10.4. The second-order valence-corrected chi connectivity index (χ2v) is 2.39. The standard InChI is InChI=1S/C7H6N4O/c1-11-4-10-6-5(7(11)12)8-2-3-9-6/h2-4H,1H3. The minimum absolute atomic E-state index is 0.173. The summed E-state index contributed by atoms with van der Waals surface area (Å²) < 4.78 is 1.37. The Morgan fingerprint density at radius 2 is 2.00 bits per heavy atom. The van der Waals surface area contributed by atoms with Gasteiger partial charge in [-0.2, -0.15) is 0 Å². The Bertz CT molecular complexity index is 476. The fourth-order valence-electron chi connectivity index (χ4n) is 0.937. The first-order valence-electron chi connectivity index (χ1n) is 3.41. The van der Waals surface area contributed by atoms with Gasteiger partial charge in [-0.25, -0.2) is 15.0 Å². The first-order chi connectivity index (χ1) is 5.79. The molecule has 12 heavy (non-hydrogen) atoms. The highest BCUT2D eigenvalue weighted by atomic mass is 16.1. The molecule has 0 spiro atoms. The van der Waals surface area contributed by atoms with E-state index in [1.54, 1.807) is 7.05 Å². The summed E-state index contributed by atoms with van der Waals surface area (Å²) >= 11 is 0. The molecule has 0 saturated heterocycles. The quantitative estimate of drug-likeness (QED) is 0.534. The highest BCUT2D eigenvalue weighted by Crippen LogP contribution is 1.94. The Balaban J connectivity index is 3.01. The van der Waals surface area contributed by atoms with Crippen LogP contribution in [0.25, 0.3) is 11.2 Å². The zero-order valence-corrected chi connectivity index (χ0v) is 6.43. The van der Waals surface area contributed by atoms with E-state index in [9.17, 15) is 4.79 Å². The summed E-state index contributed by atoms with van der Waals surface area (Å²) in [7, 11) is 1.63. The van der Waals surface area contributed by atoms with E-state index in [0.717, 1.165) is 0 Å². The summed E-state index contributed by atoms with van der Waals surface area (Å²) in [5.74, 6) is 0. The smallest absolute Gasteiger partial charge is 0.281 e. The third-order valence-electron chi connectivity index (χ3n) is 1.56. The topological polar surface area (TPSA) is 60.7 Å². The molecule has 5 heteroatoms. The molecular weight excluding hydrogens is 156 g/mol. The largest absolute Gasteiger partial charge is 0.300 e. The monoisotopic (exact) mass is 162 g/mol. The van der Waals surface area contributed by atoms with Gasteiger partial charge in [0.25, 0.3) is 5.56 Å². The van der Waals surface area contributed by atoms with E-state index < -0.39 is 0 Å². The Labute approximate surface area is 67.7 Å². The van der Waals surface area contributed by atoms with Gasteiger partial charge in [0, 0.05) is 19.4 Å². The number of fused-ring (bicyclic) bond motifs is 1. The molecule has 0 fully saturated rings. The molecule has 0 aliphatic heterocycles. The predicted octanol–water partition coefficient (Wildman–Crippen LogP) is -0.277. The molecule has 0 unspecified atom stereocenters. The molecule has 0 aliphatic carbocycles. The summed E-state index contributed by atoms with van der Waals surface area (Å²) in [5, 5.41) is 0. The first kappa shape index (κ1) is 6.90. The maximum atomic E-state index is 11.3. The van der Waals surface area contributed by atoms with Crippen molar-refractivity contribution in [2.45, 2.75) is 0 Å². The Kier molecular flexibility index (Phi) is 1.36. The van der Waals surface area contributed by atoms with Crippen LogP contribution >= 0.6 is 0 Å².